The zero-order valence-electron chi connectivity index (χ0n) is 16.8. The van der Waals surface area contributed by atoms with Gasteiger partial charge in [-0.15, -0.1) is 0 Å². The van der Waals surface area contributed by atoms with E-state index >= 15 is 0 Å². The maximum Gasteiger partial charge on any atom is 0.254 e. The monoisotopic (exact) mass is 378 g/mol. The van der Waals surface area contributed by atoms with Crippen molar-refractivity contribution >= 4 is 5.91 Å². The Labute approximate surface area is 168 Å². The number of hydrogen-bond acceptors (Lipinski definition) is 3. The second kappa shape index (κ2) is 8.78. The predicted octanol–water partition coefficient (Wildman–Crippen LogP) is 3.93. The molecule has 2 heterocycles. The number of benzene rings is 2. The molecule has 2 aliphatic rings. The van der Waals surface area contributed by atoms with Gasteiger partial charge in [0, 0.05) is 38.3 Å². The zero-order chi connectivity index (χ0) is 19.3. The maximum absolute atomic E-state index is 12.9. The van der Waals surface area contributed by atoms with Gasteiger partial charge in [-0.2, -0.15) is 0 Å². The summed E-state index contributed by atoms with van der Waals surface area (Å²) in [6.07, 6.45) is 4.44. The lowest BCUT2D eigenvalue weighted by atomic mass is 10.0. The third kappa shape index (κ3) is 4.56. The molecule has 148 valence electrons. The molecule has 0 aliphatic carbocycles. The number of aryl methyl sites for hydroxylation is 2. The highest BCUT2D eigenvalue weighted by molar-refractivity contribution is 5.96. The van der Waals surface area contributed by atoms with Crippen LogP contribution in [0.15, 0.2) is 48.5 Å². The lowest BCUT2D eigenvalue weighted by Gasteiger charge is -2.33. The zero-order valence-corrected chi connectivity index (χ0v) is 16.8. The van der Waals surface area contributed by atoms with Gasteiger partial charge >= 0.3 is 0 Å². The molecular weight excluding hydrogens is 348 g/mol. The van der Waals surface area contributed by atoms with E-state index < -0.39 is 0 Å². The van der Waals surface area contributed by atoms with Gasteiger partial charge < -0.3 is 14.5 Å². The van der Waals surface area contributed by atoms with Gasteiger partial charge in [0.25, 0.3) is 5.91 Å². The molecule has 2 aromatic carbocycles. The summed E-state index contributed by atoms with van der Waals surface area (Å²) < 4.78 is 6.13. The molecule has 0 saturated carbocycles. The van der Waals surface area contributed by atoms with E-state index in [1.807, 2.05) is 23.1 Å². The molecular formula is C24H30N2O2. The first-order valence-corrected chi connectivity index (χ1v) is 10.5. The van der Waals surface area contributed by atoms with Crippen LogP contribution in [0.5, 0.6) is 5.75 Å². The molecule has 4 rings (SSSR count). The van der Waals surface area contributed by atoms with Crippen molar-refractivity contribution in [1.82, 2.24) is 9.80 Å². The number of likely N-dealkylation sites (tertiary alicyclic amines) is 1. The number of carbonyl (C=O) groups excluding carboxylic acids is 1. The fraction of sp³-hybridized carbons (Fsp3) is 0.458. The molecule has 0 atom stereocenters. The van der Waals surface area contributed by atoms with E-state index in [0.29, 0.717) is 6.10 Å². The van der Waals surface area contributed by atoms with Crippen LogP contribution in [0.1, 0.15) is 40.7 Å². The average Bonchev–Trinajstić information content (AvgIpc) is 2.88. The molecule has 2 aromatic rings. The summed E-state index contributed by atoms with van der Waals surface area (Å²) in [5.74, 6) is 1.17. The second-order valence-electron chi connectivity index (χ2n) is 8.02. The minimum atomic E-state index is 0.200. The Balaban J connectivity index is 1.25. The first-order valence-electron chi connectivity index (χ1n) is 10.5. The van der Waals surface area contributed by atoms with Crippen LogP contribution in [-0.2, 0) is 6.42 Å². The number of ether oxygens (including phenoxy) is 1. The smallest absolute Gasteiger partial charge is 0.254 e. The Kier molecular flexibility index (Phi) is 5.96. The third-order valence-corrected chi connectivity index (χ3v) is 5.95. The van der Waals surface area contributed by atoms with Crippen molar-refractivity contribution in [2.75, 3.05) is 32.7 Å². The van der Waals surface area contributed by atoms with Crippen LogP contribution in [0.3, 0.4) is 0 Å². The van der Waals surface area contributed by atoms with E-state index in [4.69, 9.17) is 4.74 Å². The van der Waals surface area contributed by atoms with Crippen molar-refractivity contribution in [2.45, 2.75) is 38.7 Å². The molecule has 1 fully saturated rings. The number of amides is 1. The third-order valence-electron chi connectivity index (χ3n) is 5.95. The van der Waals surface area contributed by atoms with Crippen LogP contribution < -0.4 is 4.74 Å². The predicted molar refractivity (Wildman–Crippen MR) is 112 cm³/mol. The standard InChI is InChI=1S/C24H30N2O2/c1-19-8-10-21(11-9-19)28-22-12-15-25(16-13-22)17-18-26-14-4-6-20-5-2-3-7-23(20)24(26)27/h2-3,5,7-11,22H,4,6,12-18H2,1H3. The summed E-state index contributed by atoms with van der Waals surface area (Å²) in [5, 5.41) is 0. The summed E-state index contributed by atoms with van der Waals surface area (Å²) in [4.78, 5) is 17.4. The van der Waals surface area contributed by atoms with Gasteiger partial charge in [0.15, 0.2) is 0 Å². The van der Waals surface area contributed by atoms with E-state index in [-0.39, 0.29) is 5.91 Å². The highest BCUT2D eigenvalue weighted by Crippen LogP contribution is 2.21. The van der Waals surface area contributed by atoms with Crippen molar-refractivity contribution in [2.24, 2.45) is 0 Å². The topological polar surface area (TPSA) is 32.8 Å². The van der Waals surface area contributed by atoms with Crippen molar-refractivity contribution < 1.29 is 9.53 Å². The highest BCUT2D eigenvalue weighted by Gasteiger charge is 2.24. The Morgan fingerprint density at radius 2 is 1.71 bits per heavy atom. The molecule has 1 saturated heterocycles. The Morgan fingerprint density at radius 3 is 2.50 bits per heavy atom. The van der Waals surface area contributed by atoms with Gasteiger partial charge in [-0.25, -0.2) is 0 Å². The van der Waals surface area contributed by atoms with Gasteiger partial charge in [0.05, 0.1) is 0 Å². The number of nitrogens with zero attached hydrogens (tertiary/aromatic N) is 2. The van der Waals surface area contributed by atoms with E-state index in [2.05, 4.69) is 42.2 Å². The Bertz CT molecular complexity index is 795. The average molecular weight is 379 g/mol. The Hall–Kier alpha value is -2.33. The summed E-state index contributed by atoms with van der Waals surface area (Å²) in [6, 6.07) is 16.4. The molecule has 0 spiro atoms. The molecule has 4 nitrogen and oxygen atoms in total. The summed E-state index contributed by atoms with van der Waals surface area (Å²) >= 11 is 0. The molecule has 2 aliphatic heterocycles. The van der Waals surface area contributed by atoms with Gasteiger partial charge in [-0.05, 0) is 56.4 Å². The number of piperidine rings is 1. The van der Waals surface area contributed by atoms with E-state index in [9.17, 15) is 4.79 Å². The number of hydrogen-bond donors (Lipinski definition) is 0. The van der Waals surface area contributed by atoms with Crippen LogP contribution in [0.25, 0.3) is 0 Å². The van der Waals surface area contributed by atoms with E-state index in [0.717, 1.165) is 69.7 Å². The summed E-state index contributed by atoms with van der Waals surface area (Å²) in [7, 11) is 0. The fourth-order valence-corrected chi connectivity index (χ4v) is 4.21. The maximum atomic E-state index is 12.9. The quantitative estimate of drug-likeness (QED) is 0.790. The molecule has 0 unspecified atom stereocenters. The molecule has 0 radical (unpaired) electrons. The first-order chi connectivity index (χ1) is 13.7. The summed E-state index contributed by atoms with van der Waals surface area (Å²) in [5.41, 5.74) is 3.35. The lowest BCUT2D eigenvalue weighted by Crippen LogP contribution is -2.43. The number of rotatable bonds is 5. The minimum Gasteiger partial charge on any atom is -0.490 e. The van der Waals surface area contributed by atoms with E-state index in [1.54, 1.807) is 0 Å². The lowest BCUT2D eigenvalue weighted by molar-refractivity contribution is 0.0687. The largest absolute Gasteiger partial charge is 0.490 e. The number of fused-ring (bicyclic) bond motifs is 1. The normalized spacial score (nSPS) is 18.6. The summed E-state index contributed by atoms with van der Waals surface area (Å²) in [6.45, 7) is 6.79. The van der Waals surface area contributed by atoms with Gasteiger partial charge in [-0.1, -0.05) is 35.9 Å². The van der Waals surface area contributed by atoms with Crippen molar-refractivity contribution in [3.8, 4) is 5.75 Å². The first kappa shape index (κ1) is 19.0. The van der Waals surface area contributed by atoms with Crippen LogP contribution in [0, 0.1) is 6.92 Å². The molecule has 0 N–H and O–H groups in total. The van der Waals surface area contributed by atoms with Crippen molar-refractivity contribution in [1.29, 1.82) is 0 Å². The van der Waals surface area contributed by atoms with Crippen molar-refractivity contribution in [3.05, 3.63) is 65.2 Å². The van der Waals surface area contributed by atoms with Crippen LogP contribution >= 0.6 is 0 Å². The van der Waals surface area contributed by atoms with Gasteiger partial charge in [0.1, 0.15) is 11.9 Å². The molecule has 0 aromatic heterocycles. The minimum absolute atomic E-state index is 0.200. The highest BCUT2D eigenvalue weighted by atomic mass is 16.5. The van der Waals surface area contributed by atoms with Crippen molar-refractivity contribution in [3.63, 3.8) is 0 Å². The van der Waals surface area contributed by atoms with Gasteiger partial charge in [-0.3, -0.25) is 4.79 Å². The SMILES string of the molecule is Cc1ccc(OC2CCN(CCN3CCCc4ccccc4C3=O)CC2)cc1. The molecule has 4 heteroatoms. The Morgan fingerprint density at radius 1 is 0.964 bits per heavy atom. The van der Waals surface area contributed by atoms with Crippen LogP contribution in [0.2, 0.25) is 0 Å². The fourth-order valence-electron chi connectivity index (χ4n) is 4.21. The van der Waals surface area contributed by atoms with E-state index in [1.165, 1.54) is 11.1 Å². The van der Waals surface area contributed by atoms with Gasteiger partial charge in [0.2, 0.25) is 0 Å². The number of carbonyl (C=O) groups is 1. The molecule has 0 bridgehead atoms. The van der Waals surface area contributed by atoms with Crippen LogP contribution in [0.4, 0.5) is 0 Å². The molecule has 1 amide bonds. The molecule has 28 heavy (non-hydrogen) atoms. The van der Waals surface area contributed by atoms with Crippen LogP contribution in [-0.4, -0.2) is 54.5 Å². The second-order valence-corrected chi connectivity index (χ2v) is 8.02.